The van der Waals surface area contributed by atoms with Gasteiger partial charge in [0.1, 0.15) is 5.75 Å². The maximum absolute atomic E-state index is 11.7. The maximum Gasteiger partial charge on any atom is 0.338 e. The average molecular weight is 269 g/mol. The molecule has 0 aliphatic heterocycles. The number of ether oxygens (including phenoxy) is 2. The monoisotopic (exact) mass is 269 g/mol. The second-order valence-electron chi connectivity index (χ2n) is 3.64. The highest BCUT2D eigenvalue weighted by atomic mass is 32.2. The summed E-state index contributed by atoms with van der Waals surface area (Å²) in [4.78, 5) is 11.7. The van der Waals surface area contributed by atoms with Gasteiger partial charge in [0.05, 0.1) is 25.0 Å². The number of rotatable bonds is 7. The van der Waals surface area contributed by atoms with E-state index in [4.69, 9.17) is 15.2 Å². The number of esters is 1. The Bertz CT molecular complexity index is 396. The molecule has 4 nitrogen and oxygen atoms in total. The highest BCUT2D eigenvalue weighted by molar-refractivity contribution is 7.99. The molecule has 1 aromatic carbocycles. The number of hydrogen-bond acceptors (Lipinski definition) is 5. The summed E-state index contributed by atoms with van der Waals surface area (Å²) in [5.41, 5.74) is 6.65. The van der Waals surface area contributed by atoms with E-state index in [9.17, 15) is 4.79 Å². The van der Waals surface area contributed by atoms with E-state index in [0.717, 1.165) is 17.9 Å². The molecule has 1 rings (SSSR count). The van der Waals surface area contributed by atoms with Gasteiger partial charge in [-0.25, -0.2) is 4.79 Å². The van der Waals surface area contributed by atoms with E-state index in [1.54, 1.807) is 18.2 Å². The van der Waals surface area contributed by atoms with E-state index in [1.807, 2.05) is 11.8 Å². The number of nitrogens with two attached hydrogens (primary N) is 1. The lowest BCUT2D eigenvalue weighted by Gasteiger charge is -2.08. The fraction of sp³-hybridized carbons (Fsp3) is 0.462. The number of methoxy groups -OCH3 is 1. The van der Waals surface area contributed by atoms with Crippen molar-refractivity contribution in [1.29, 1.82) is 0 Å². The number of carbonyl (C=O) groups is 1. The van der Waals surface area contributed by atoms with Crippen molar-refractivity contribution in [2.24, 2.45) is 0 Å². The SMILES string of the molecule is CCSCCCOC(=O)c1ccc(N)c(OC)c1. The van der Waals surface area contributed by atoms with Crippen LogP contribution in [-0.4, -0.2) is 31.2 Å². The molecular weight excluding hydrogens is 250 g/mol. The lowest BCUT2D eigenvalue weighted by Crippen LogP contribution is -2.07. The van der Waals surface area contributed by atoms with Crippen LogP contribution in [0.15, 0.2) is 18.2 Å². The molecule has 0 bridgehead atoms. The van der Waals surface area contributed by atoms with Crippen LogP contribution in [0, 0.1) is 0 Å². The highest BCUT2D eigenvalue weighted by Gasteiger charge is 2.09. The maximum atomic E-state index is 11.7. The summed E-state index contributed by atoms with van der Waals surface area (Å²) in [7, 11) is 1.52. The molecule has 0 saturated carbocycles. The van der Waals surface area contributed by atoms with Gasteiger partial charge in [0.2, 0.25) is 0 Å². The molecular formula is C13H19NO3S. The minimum atomic E-state index is -0.338. The predicted octanol–water partition coefficient (Wildman–Crippen LogP) is 2.58. The number of anilines is 1. The Kier molecular flexibility index (Phi) is 6.43. The van der Waals surface area contributed by atoms with E-state index in [1.165, 1.54) is 7.11 Å². The summed E-state index contributed by atoms with van der Waals surface area (Å²) in [6, 6.07) is 4.88. The molecule has 100 valence electrons. The zero-order valence-corrected chi connectivity index (χ0v) is 11.6. The summed E-state index contributed by atoms with van der Waals surface area (Å²) in [6.07, 6.45) is 0.871. The fourth-order valence-corrected chi connectivity index (χ4v) is 2.00. The number of benzene rings is 1. The summed E-state index contributed by atoms with van der Waals surface area (Å²) in [5, 5.41) is 0. The van der Waals surface area contributed by atoms with Gasteiger partial charge in [-0.3, -0.25) is 0 Å². The Morgan fingerprint density at radius 3 is 2.89 bits per heavy atom. The number of thioether (sulfide) groups is 1. The molecule has 2 N–H and O–H groups in total. The Morgan fingerprint density at radius 2 is 2.22 bits per heavy atom. The first-order valence-electron chi connectivity index (χ1n) is 5.87. The topological polar surface area (TPSA) is 61.5 Å². The molecule has 5 heteroatoms. The summed E-state index contributed by atoms with van der Waals surface area (Å²) < 4.78 is 10.2. The first-order valence-corrected chi connectivity index (χ1v) is 7.03. The molecule has 0 atom stereocenters. The third-order valence-corrected chi connectivity index (χ3v) is 3.33. The zero-order valence-electron chi connectivity index (χ0n) is 10.8. The molecule has 0 heterocycles. The Hall–Kier alpha value is -1.36. The largest absolute Gasteiger partial charge is 0.495 e. The van der Waals surface area contributed by atoms with Crippen molar-refractivity contribution >= 4 is 23.4 Å². The molecule has 0 saturated heterocycles. The highest BCUT2D eigenvalue weighted by Crippen LogP contribution is 2.22. The van der Waals surface area contributed by atoms with Crippen molar-refractivity contribution in [2.45, 2.75) is 13.3 Å². The van der Waals surface area contributed by atoms with Crippen molar-refractivity contribution in [1.82, 2.24) is 0 Å². The summed E-state index contributed by atoms with van der Waals surface area (Å²) in [6.45, 7) is 2.55. The van der Waals surface area contributed by atoms with Crippen LogP contribution >= 0.6 is 11.8 Å². The van der Waals surface area contributed by atoms with Gasteiger partial charge in [0.15, 0.2) is 0 Å². The van der Waals surface area contributed by atoms with Crippen LogP contribution in [0.25, 0.3) is 0 Å². The minimum Gasteiger partial charge on any atom is -0.495 e. The molecule has 0 fully saturated rings. The van der Waals surface area contributed by atoms with Gasteiger partial charge < -0.3 is 15.2 Å². The molecule has 0 amide bonds. The van der Waals surface area contributed by atoms with Crippen LogP contribution in [-0.2, 0) is 4.74 Å². The zero-order chi connectivity index (χ0) is 13.4. The minimum absolute atomic E-state index is 0.338. The van der Waals surface area contributed by atoms with Crippen LogP contribution in [0.1, 0.15) is 23.7 Å². The molecule has 1 aromatic rings. The van der Waals surface area contributed by atoms with Crippen molar-refractivity contribution in [2.75, 3.05) is 31.0 Å². The predicted molar refractivity (Wildman–Crippen MR) is 75.3 cm³/mol. The van der Waals surface area contributed by atoms with Crippen molar-refractivity contribution in [3.63, 3.8) is 0 Å². The van der Waals surface area contributed by atoms with Crippen LogP contribution in [0.5, 0.6) is 5.75 Å². The number of nitrogen functional groups attached to an aromatic ring is 1. The summed E-state index contributed by atoms with van der Waals surface area (Å²) >= 11 is 1.84. The molecule has 0 aromatic heterocycles. The standard InChI is InChI=1S/C13H19NO3S/c1-3-18-8-4-7-17-13(15)10-5-6-11(14)12(9-10)16-2/h5-6,9H,3-4,7-8,14H2,1-2H3. The quantitative estimate of drug-likeness (QED) is 0.468. The van der Waals surface area contributed by atoms with Crippen molar-refractivity contribution in [3.8, 4) is 5.75 Å². The first kappa shape index (κ1) is 14.7. The van der Waals surface area contributed by atoms with Gasteiger partial charge >= 0.3 is 5.97 Å². The third kappa shape index (κ3) is 4.49. The lowest BCUT2D eigenvalue weighted by molar-refractivity contribution is 0.0506. The molecule has 0 radical (unpaired) electrons. The molecule has 0 unspecified atom stereocenters. The van der Waals surface area contributed by atoms with Gasteiger partial charge in [-0.2, -0.15) is 11.8 Å². The van der Waals surface area contributed by atoms with Gasteiger partial charge in [-0.1, -0.05) is 6.92 Å². The van der Waals surface area contributed by atoms with Gasteiger partial charge in [-0.05, 0) is 36.1 Å². The van der Waals surface area contributed by atoms with Crippen molar-refractivity contribution < 1.29 is 14.3 Å². The molecule has 0 aliphatic rings. The van der Waals surface area contributed by atoms with E-state index < -0.39 is 0 Å². The van der Waals surface area contributed by atoms with E-state index >= 15 is 0 Å². The number of hydrogen-bond donors (Lipinski definition) is 1. The van der Waals surface area contributed by atoms with E-state index in [2.05, 4.69) is 6.92 Å². The normalized spacial score (nSPS) is 10.1. The van der Waals surface area contributed by atoms with E-state index in [0.29, 0.717) is 23.6 Å². The van der Waals surface area contributed by atoms with Gasteiger partial charge in [0.25, 0.3) is 0 Å². The van der Waals surface area contributed by atoms with Gasteiger partial charge in [-0.15, -0.1) is 0 Å². The molecule has 0 aliphatic carbocycles. The van der Waals surface area contributed by atoms with Gasteiger partial charge in [0, 0.05) is 0 Å². The third-order valence-electron chi connectivity index (χ3n) is 2.34. The average Bonchev–Trinajstić information content (AvgIpc) is 2.38. The van der Waals surface area contributed by atoms with Crippen molar-refractivity contribution in [3.05, 3.63) is 23.8 Å². The first-order chi connectivity index (χ1) is 8.69. The smallest absolute Gasteiger partial charge is 0.338 e. The molecule has 18 heavy (non-hydrogen) atoms. The fourth-order valence-electron chi connectivity index (χ4n) is 1.39. The Labute approximate surface area is 112 Å². The second-order valence-corrected chi connectivity index (χ2v) is 5.04. The molecule has 0 spiro atoms. The van der Waals surface area contributed by atoms with Crippen LogP contribution in [0.2, 0.25) is 0 Å². The van der Waals surface area contributed by atoms with Crippen LogP contribution < -0.4 is 10.5 Å². The second kappa shape index (κ2) is 7.87. The summed E-state index contributed by atoms with van der Waals surface area (Å²) in [5.74, 6) is 2.25. The van der Waals surface area contributed by atoms with E-state index in [-0.39, 0.29) is 5.97 Å². The lowest BCUT2D eigenvalue weighted by atomic mass is 10.2. The Balaban J connectivity index is 2.46. The number of carbonyl (C=O) groups excluding carboxylic acids is 1. The Morgan fingerprint density at radius 1 is 1.44 bits per heavy atom. The van der Waals surface area contributed by atoms with Crippen LogP contribution in [0.3, 0.4) is 0 Å². The van der Waals surface area contributed by atoms with Crippen LogP contribution in [0.4, 0.5) is 5.69 Å².